The molecule has 3 rings (SSSR count). The fourth-order valence-corrected chi connectivity index (χ4v) is 2.40. The molecule has 0 amide bonds. The zero-order chi connectivity index (χ0) is 14.3. The molecule has 108 valence electrons. The van der Waals surface area contributed by atoms with Crippen LogP contribution in [0.1, 0.15) is 6.23 Å². The van der Waals surface area contributed by atoms with Crippen molar-refractivity contribution in [1.82, 2.24) is 14.5 Å². The number of fused-ring (bicyclic) bond motifs is 1. The summed E-state index contributed by atoms with van der Waals surface area (Å²) in [5.41, 5.74) is 2.96. The molecule has 0 saturated carbocycles. The highest BCUT2D eigenvalue weighted by atomic mass is 16.6. The van der Waals surface area contributed by atoms with E-state index >= 15 is 0 Å². The molecule has 20 heavy (non-hydrogen) atoms. The average Bonchev–Trinajstić information content (AvgIpc) is 3.01. The standard InChI is InChI=1S/C11H15N5O4/c12-15-9-5-1-2-16(10(5)14-4-13-9)11-8(19)7(18)6(3-17)20-11/h1-2,4,6-8,11,17-19H,3,12H2,(H,13,14,15)/t6-,7+,8+,11+/m0/s1. The number of aliphatic hydroxyl groups excluding tert-OH is 3. The molecule has 0 bridgehead atoms. The number of nitrogens with one attached hydrogen (secondary N) is 1. The van der Waals surface area contributed by atoms with E-state index < -0.39 is 24.5 Å². The minimum Gasteiger partial charge on any atom is -0.394 e. The number of aromatic nitrogens is 3. The van der Waals surface area contributed by atoms with Crippen LogP contribution in [-0.2, 0) is 4.74 Å². The first-order valence-electron chi connectivity index (χ1n) is 6.08. The molecule has 2 aromatic heterocycles. The third-order valence-electron chi connectivity index (χ3n) is 3.44. The van der Waals surface area contributed by atoms with E-state index in [9.17, 15) is 10.2 Å². The highest BCUT2D eigenvalue weighted by Crippen LogP contribution is 2.32. The van der Waals surface area contributed by atoms with Gasteiger partial charge in [-0.2, -0.15) is 0 Å². The Bertz CT molecular complexity index is 618. The van der Waals surface area contributed by atoms with Gasteiger partial charge < -0.3 is 30.0 Å². The van der Waals surface area contributed by atoms with Crippen LogP contribution < -0.4 is 11.3 Å². The van der Waals surface area contributed by atoms with Gasteiger partial charge in [0.2, 0.25) is 0 Å². The van der Waals surface area contributed by atoms with Gasteiger partial charge in [0.25, 0.3) is 0 Å². The van der Waals surface area contributed by atoms with Crippen molar-refractivity contribution in [3.05, 3.63) is 18.6 Å². The lowest BCUT2D eigenvalue weighted by Crippen LogP contribution is -2.33. The van der Waals surface area contributed by atoms with E-state index in [2.05, 4.69) is 15.4 Å². The highest BCUT2D eigenvalue weighted by molar-refractivity contribution is 5.87. The number of nitrogens with two attached hydrogens (primary N) is 1. The zero-order valence-corrected chi connectivity index (χ0v) is 10.4. The summed E-state index contributed by atoms with van der Waals surface area (Å²) in [7, 11) is 0. The summed E-state index contributed by atoms with van der Waals surface area (Å²) in [5.74, 6) is 5.81. The van der Waals surface area contributed by atoms with Crippen molar-refractivity contribution < 1.29 is 20.1 Å². The molecule has 4 atom stereocenters. The topological polar surface area (TPSA) is 139 Å². The molecule has 1 aliphatic rings. The lowest BCUT2D eigenvalue weighted by Gasteiger charge is -2.17. The Morgan fingerprint density at radius 2 is 2.15 bits per heavy atom. The van der Waals surface area contributed by atoms with E-state index in [-0.39, 0.29) is 6.61 Å². The SMILES string of the molecule is NNc1ncnc2c1ccn2[C@@H]1O[C@@H](CO)[C@@H](O)[C@H]1O. The number of nitrogens with zero attached hydrogens (tertiary/aromatic N) is 3. The van der Waals surface area contributed by atoms with E-state index in [1.54, 1.807) is 16.8 Å². The van der Waals surface area contributed by atoms with Gasteiger partial charge in [-0.05, 0) is 6.07 Å². The van der Waals surface area contributed by atoms with Crippen LogP contribution in [0, 0.1) is 0 Å². The van der Waals surface area contributed by atoms with Crippen molar-refractivity contribution in [3.63, 3.8) is 0 Å². The van der Waals surface area contributed by atoms with Gasteiger partial charge >= 0.3 is 0 Å². The highest BCUT2D eigenvalue weighted by Gasteiger charge is 2.43. The van der Waals surface area contributed by atoms with Gasteiger partial charge in [0, 0.05) is 6.20 Å². The number of nitrogen functional groups attached to an aromatic ring is 1. The molecule has 2 aromatic rings. The van der Waals surface area contributed by atoms with Gasteiger partial charge in [0.1, 0.15) is 30.3 Å². The monoisotopic (exact) mass is 281 g/mol. The molecule has 1 fully saturated rings. The predicted octanol–water partition coefficient (Wildman–Crippen LogP) is -1.67. The summed E-state index contributed by atoms with van der Waals surface area (Å²) in [6.07, 6.45) is -1.000. The predicted molar refractivity (Wildman–Crippen MR) is 68.3 cm³/mol. The van der Waals surface area contributed by atoms with Crippen LogP contribution in [-0.4, -0.2) is 54.8 Å². The molecular weight excluding hydrogens is 266 g/mol. The second-order valence-corrected chi connectivity index (χ2v) is 4.56. The van der Waals surface area contributed by atoms with Crippen molar-refractivity contribution >= 4 is 16.9 Å². The van der Waals surface area contributed by atoms with Crippen LogP contribution in [0.5, 0.6) is 0 Å². The van der Waals surface area contributed by atoms with Gasteiger partial charge in [0.15, 0.2) is 12.0 Å². The molecule has 3 heterocycles. The van der Waals surface area contributed by atoms with E-state index in [0.717, 1.165) is 0 Å². The van der Waals surface area contributed by atoms with Crippen LogP contribution in [0.15, 0.2) is 18.6 Å². The summed E-state index contributed by atoms with van der Waals surface area (Å²) in [5, 5.41) is 29.6. The minimum absolute atomic E-state index is 0.376. The fraction of sp³-hybridized carbons (Fsp3) is 0.455. The maximum Gasteiger partial charge on any atom is 0.164 e. The molecule has 9 heteroatoms. The maximum absolute atomic E-state index is 10.0. The number of hydrogen-bond donors (Lipinski definition) is 5. The quantitative estimate of drug-likeness (QED) is 0.332. The smallest absolute Gasteiger partial charge is 0.164 e. The third kappa shape index (κ3) is 1.84. The summed E-state index contributed by atoms with van der Waals surface area (Å²) >= 11 is 0. The third-order valence-corrected chi connectivity index (χ3v) is 3.44. The van der Waals surface area contributed by atoms with Crippen molar-refractivity contribution in [2.45, 2.75) is 24.5 Å². The van der Waals surface area contributed by atoms with Gasteiger partial charge in [0.05, 0.1) is 12.0 Å². The molecule has 6 N–H and O–H groups in total. The van der Waals surface area contributed by atoms with Crippen LogP contribution in [0.2, 0.25) is 0 Å². The Hall–Kier alpha value is -1.78. The normalized spacial score (nSPS) is 30.0. The number of aliphatic hydroxyl groups is 3. The summed E-state index contributed by atoms with van der Waals surface area (Å²) in [6, 6.07) is 1.72. The molecular formula is C11H15N5O4. The Kier molecular flexibility index (Phi) is 3.28. The first kappa shape index (κ1) is 13.2. The van der Waals surface area contributed by atoms with Crippen LogP contribution in [0.4, 0.5) is 5.82 Å². The number of rotatable bonds is 3. The minimum atomic E-state index is -1.16. The average molecular weight is 281 g/mol. The summed E-state index contributed by atoms with van der Waals surface area (Å²) in [4.78, 5) is 8.10. The van der Waals surface area contributed by atoms with Crippen molar-refractivity contribution in [3.8, 4) is 0 Å². The molecule has 1 aliphatic heterocycles. The van der Waals surface area contributed by atoms with Gasteiger partial charge in [-0.25, -0.2) is 15.8 Å². The van der Waals surface area contributed by atoms with E-state index in [1.807, 2.05) is 0 Å². The Labute approximate surface area is 113 Å². The van der Waals surface area contributed by atoms with Crippen LogP contribution in [0.3, 0.4) is 0 Å². The van der Waals surface area contributed by atoms with Crippen LogP contribution >= 0.6 is 0 Å². The van der Waals surface area contributed by atoms with E-state index in [0.29, 0.717) is 16.9 Å². The molecule has 0 unspecified atom stereocenters. The maximum atomic E-state index is 10.0. The van der Waals surface area contributed by atoms with E-state index in [4.69, 9.17) is 15.7 Å². The Morgan fingerprint density at radius 3 is 2.80 bits per heavy atom. The number of anilines is 1. The van der Waals surface area contributed by atoms with Crippen molar-refractivity contribution in [2.24, 2.45) is 5.84 Å². The largest absolute Gasteiger partial charge is 0.394 e. The summed E-state index contributed by atoms with van der Waals surface area (Å²) < 4.78 is 7.03. The lowest BCUT2D eigenvalue weighted by molar-refractivity contribution is -0.0508. The molecule has 0 radical (unpaired) electrons. The summed E-state index contributed by atoms with van der Waals surface area (Å²) in [6.45, 7) is -0.376. The second-order valence-electron chi connectivity index (χ2n) is 4.56. The molecule has 0 aliphatic carbocycles. The van der Waals surface area contributed by atoms with Gasteiger partial charge in [-0.3, -0.25) is 0 Å². The number of hydrogen-bond acceptors (Lipinski definition) is 8. The number of hydrazine groups is 1. The molecule has 9 nitrogen and oxygen atoms in total. The Balaban J connectivity index is 2.03. The van der Waals surface area contributed by atoms with Crippen molar-refractivity contribution in [1.29, 1.82) is 0 Å². The second kappa shape index (κ2) is 4.96. The van der Waals surface area contributed by atoms with Gasteiger partial charge in [-0.1, -0.05) is 0 Å². The molecule has 1 saturated heterocycles. The lowest BCUT2D eigenvalue weighted by atomic mass is 10.1. The first-order chi connectivity index (χ1) is 9.67. The van der Waals surface area contributed by atoms with Crippen molar-refractivity contribution in [2.75, 3.05) is 12.0 Å². The van der Waals surface area contributed by atoms with Crippen LogP contribution in [0.25, 0.3) is 11.0 Å². The number of ether oxygens (including phenoxy) is 1. The van der Waals surface area contributed by atoms with E-state index in [1.165, 1.54) is 6.33 Å². The molecule has 0 spiro atoms. The first-order valence-corrected chi connectivity index (χ1v) is 6.08. The fourth-order valence-electron chi connectivity index (χ4n) is 2.40. The zero-order valence-electron chi connectivity index (χ0n) is 10.4. The Morgan fingerprint density at radius 1 is 1.35 bits per heavy atom. The van der Waals surface area contributed by atoms with Gasteiger partial charge in [-0.15, -0.1) is 0 Å². The molecule has 0 aromatic carbocycles.